The predicted octanol–water partition coefficient (Wildman–Crippen LogP) is 0.796. The van der Waals surface area contributed by atoms with Crippen molar-refractivity contribution in [3.8, 4) is 0 Å². The third-order valence-corrected chi connectivity index (χ3v) is 3.40. The van der Waals surface area contributed by atoms with Crippen LogP contribution in [0.3, 0.4) is 0 Å². The van der Waals surface area contributed by atoms with Gasteiger partial charge >= 0.3 is 0 Å². The Balaban J connectivity index is 2.77. The summed E-state index contributed by atoms with van der Waals surface area (Å²) in [5.74, 6) is 5.65. The van der Waals surface area contributed by atoms with E-state index in [0.29, 0.717) is 0 Å². The highest BCUT2D eigenvalue weighted by Crippen LogP contribution is 2.18. The first kappa shape index (κ1) is 13.1. The molecule has 1 heterocycles. The fourth-order valence-electron chi connectivity index (χ4n) is 1.58. The van der Waals surface area contributed by atoms with Crippen LogP contribution in [-0.2, 0) is 6.42 Å². The van der Waals surface area contributed by atoms with E-state index in [1.54, 1.807) is 0 Å². The molecule has 0 radical (unpaired) electrons. The van der Waals surface area contributed by atoms with Crippen molar-refractivity contribution in [3.63, 3.8) is 0 Å². The number of likely N-dealkylation sites (N-methyl/N-ethyl adjacent to an activating group) is 1. The molecule has 4 nitrogen and oxygen atoms in total. The van der Waals surface area contributed by atoms with Crippen LogP contribution in [-0.4, -0.2) is 35.6 Å². The number of nitrogens with one attached hydrogen (secondary N) is 1. The second-order valence-corrected chi connectivity index (χ2v) is 4.83. The van der Waals surface area contributed by atoms with Gasteiger partial charge in [-0.1, -0.05) is 0 Å². The van der Waals surface area contributed by atoms with Crippen LogP contribution < -0.4 is 11.3 Å². The molecule has 1 unspecified atom stereocenters. The van der Waals surface area contributed by atoms with Gasteiger partial charge in [-0.3, -0.25) is 16.3 Å². The van der Waals surface area contributed by atoms with Crippen LogP contribution in [0, 0.1) is 0 Å². The van der Waals surface area contributed by atoms with Gasteiger partial charge in [0.25, 0.3) is 0 Å². The molecular formula is C12H22N4. The largest absolute Gasteiger partial charge is 0.303 e. The molecule has 0 saturated heterocycles. The molecule has 0 amide bonds. The molecule has 16 heavy (non-hydrogen) atoms. The number of pyridine rings is 1. The Morgan fingerprint density at radius 2 is 1.94 bits per heavy atom. The first-order chi connectivity index (χ1) is 7.48. The Morgan fingerprint density at radius 3 is 2.38 bits per heavy atom. The number of hydrazine groups is 1. The highest BCUT2D eigenvalue weighted by atomic mass is 15.3. The third-order valence-electron chi connectivity index (χ3n) is 3.40. The minimum atomic E-state index is -0.00196. The first-order valence-corrected chi connectivity index (χ1v) is 5.51. The van der Waals surface area contributed by atoms with Gasteiger partial charge in [0.1, 0.15) is 0 Å². The second kappa shape index (κ2) is 5.39. The lowest BCUT2D eigenvalue weighted by molar-refractivity contribution is 0.137. The first-order valence-electron chi connectivity index (χ1n) is 5.51. The van der Waals surface area contributed by atoms with Crippen LogP contribution in [0.1, 0.15) is 19.4 Å². The topological polar surface area (TPSA) is 54.2 Å². The smallest absolute Gasteiger partial charge is 0.0429 e. The lowest BCUT2D eigenvalue weighted by atomic mass is 9.89. The molecule has 0 aromatic carbocycles. The number of rotatable bonds is 5. The number of hydrogen-bond donors (Lipinski definition) is 2. The Bertz CT molecular complexity index is 308. The summed E-state index contributed by atoms with van der Waals surface area (Å²) in [7, 11) is 4.13. The fraction of sp³-hybridized carbons (Fsp3) is 0.583. The molecule has 4 heteroatoms. The van der Waals surface area contributed by atoms with Crippen LogP contribution in [0.4, 0.5) is 0 Å². The summed E-state index contributed by atoms with van der Waals surface area (Å²) in [5.41, 5.74) is 4.15. The van der Waals surface area contributed by atoms with Crippen LogP contribution in [0.25, 0.3) is 0 Å². The van der Waals surface area contributed by atoms with Crippen LogP contribution in [0.15, 0.2) is 24.5 Å². The summed E-state index contributed by atoms with van der Waals surface area (Å²) in [4.78, 5) is 6.19. The van der Waals surface area contributed by atoms with Crippen molar-refractivity contribution in [1.82, 2.24) is 15.3 Å². The predicted molar refractivity (Wildman–Crippen MR) is 66.8 cm³/mol. The van der Waals surface area contributed by atoms with E-state index < -0.39 is 0 Å². The number of nitrogens with zero attached hydrogens (tertiary/aromatic N) is 2. The molecule has 3 N–H and O–H groups in total. The van der Waals surface area contributed by atoms with Crippen molar-refractivity contribution >= 4 is 0 Å². The second-order valence-electron chi connectivity index (χ2n) is 4.83. The highest BCUT2D eigenvalue weighted by Gasteiger charge is 2.30. The van der Waals surface area contributed by atoms with Gasteiger partial charge in [0.2, 0.25) is 0 Å². The van der Waals surface area contributed by atoms with Crippen LogP contribution >= 0.6 is 0 Å². The number of aromatic nitrogens is 1. The summed E-state index contributed by atoms with van der Waals surface area (Å²) >= 11 is 0. The maximum atomic E-state index is 5.65. The van der Waals surface area contributed by atoms with Gasteiger partial charge < -0.3 is 4.90 Å². The van der Waals surface area contributed by atoms with Crippen molar-refractivity contribution in [3.05, 3.63) is 30.1 Å². The molecule has 1 aromatic heterocycles. The molecule has 1 rings (SSSR count). The summed E-state index contributed by atoms with van der Waals surface area (Å²) in [6, 6.07) is 4.25. The Kier molecular flexibility index (Phi) is 4.41. The van der Waals surface area contributed by atoms with Crippen molar-refractivity contribution < 1.29 is 0 Å². The summed E-state index contributed by atoms with van der Waals surface area (Å²) in [6.45, 7) is 4.36. The fourth-order valence-corrected chi connectivity index (χ4v) is 1.58. The monoisotopic (exact) mass is 222 g/mol. The lowest BCUT2D eigenvalue weighted by Gasteiger charge is -2.39. The van der Waals surface area contributed by atoms with E-state index in [-0.39, 0.29) is 11.6 Å². The van der Waals surface area contributed by atoms with E-state index in [2.05, 4.69) is 43.3 Å². The molecule has 0 fully saturated rings. The van der Waals surface area contributed by atoms with Crippen LogP contribution in [0.2, 0.25) is 0 Å². The zero-order valence-electron chi connectivity index (χ0n) is 10.6. The van der Waals surface area contributed by atoms with Crippen molar-refractivity contribution in [2.75, 3.05) is 14.1 Å². The third kappa shape index (κ3) is 3.01. The molecule has 0 saturated carbocycles. The molecule has 0 aliphatic heterocycles. The van der Waals surface area contributed by atoms with Crippen molar-refractivity contribution in [1.29, 1.82) is 0 Å². The maximum Gasteiger partial charge on any atom is 0.0429 e. The van der Waals surface area contributed by atoms with E-state index in [9.17, 15) is 0 Å². The lowest BCUT2D eigenvalue weighted by Crippen LogP contribution is -2.58. The Labute approximate surface area is 97.8 Å². The van der Waals surface area contributed by atoms with E-state index in [0.717, 1.165) is 6.42 Å². The van der Waals surface area contributed by atoms with E-state index in [4.69, 9.17) is 5.84 Å². The normalized spacial score (nSPS) is 14.1. The van der Waals surface area contributed by atoms with E-state index >= 15 is 0 Å². The molecule has 0 aliphatic rings. The zero-order valence-corrected chi connectivity index (χ0v) is 10.6. The average molecular weight is 222 g/mol. The average Bonchev–Trinajstić information content (AvgIpc) is 2.26. The molecule has 0 bridgehead atoms. The van der Waals surface area contributed by atoms with Gasteiger partial charge in [-0.05, 0) is 52.1 Å². The Hall–Kier alpha value is -0.970. The number of nitrogens with two attached hydrogens (primary N) is 1. The minimum absolute atomic E-state index is 0.00196. The van der Waals surface area contributed by atoms with E-state index in [1.807, 2.05) is 24.5 Å². The summed E-state index contributed by atoms with van der Waals surface area (Å²) in [6.07, 6.45) is 4.52. The number of hydrogen-bond acceptors (Lipinski definition) is 4. The van der Waals surface area contributed by atoms with Crippen molar-refractivity contribution in [2.45, 2.75) is 31.8 Å². The quantitative estimate of drug-likeness (QED) is 0.571. The Morgan fingerprint density at radius 1 is 1.38 bits per heavy atom. The molecule has 90 valence electrons. The standard InChI is InChI=1S/C12H22N4/c1-12(2,16(3)4)11(15-13)9-10-5-7-14-8-6-10/h5-8,11,15H,9,13H2,1-4H3. The summed E-state index contributed by atoms with van der Waals surface area (Å²) < 4.78 is 0. The minimum Gasteiger partial charge on any atom is -0.303 e. The van der Waals surface area contributed by atoms with Crippen LogP contribution in [0.5, 0.6) is 0 Å². The van der Waals surface area contributed by atoms with E-state index in [1.165, 1.54) is 5.56 Å². The van der Waals surface area contributed by atoms with Gasteiger partial charge in [0, 0.05) is 24.0 Å². The molecule has 1 atom stereocenters. The van der Waals surface area contributed by atoms with Gasteiger partial charge in [-0.25, -0.2) is 0 Å². The molecule has 0 aliphatic carbocycles. The SMILES string of the molecule is CN(C)C(C)(C)C(Cc1ccncc1)NN. The van der Waals surface area contributed by atoms with Gasteiger partial charge in [0.15, 0.2) is 0 Å². The molecule has 1 aromatic rings. The zero-order chi connectivity index (χ0) is 12.2. The molecular weight excluding hydrogens is 200 g/mol. The van der Waals surface area contributed by atoms with Gasteiger partial charge in [-0.2, -0.15) is 0 Å². The maximum absolute atomic E-state index is 5.65. The van der Waals surface area contributed by atoms with Gasteiger partial charge in [-0.15, -0.1) is 0 Å². The summed E-state index contributed by atoms with van der Waals surface area (Å²) in [5, 5.41) is 0. The highest BCUT2D eigenvalue weighted by molar-refractivity contribution is 5.13. The molecule has 0 spiro atoms. The van der Waals surface area contributed by atoms with Crippen molar-refractivity contribution in [2.24, 2.45) is 5.84 Å². The van der Waals surface area contributed by atoms with Gasteiger partial charge in [0.05, 0.1) is 0 Å².